The molecular formula is C57H49IrN2O2-. The standard InChI is InChI=1S/C46H29N2.C11H20O2.Ir/c1-3-17-35(18-4-1)46(36-19-5-2-6-20-36)40-23-10-12-25-43(40)48-42-24-11-9-22-38(42)39-29-34(30-41(46)45(39)48)32-15-13-16-33(28-32)44-37-21-8-7-14-31(37)26-27-47-44;1-10(2,3)8(12)7-9(13)11(4,5)6;/h1-15,17-30H;7,12H,1-6H3;/q-1;;. The maximum atomic E-state index is 11.5. The van der Waals surface area contributed by atoms with Crippen LogP contribution >= 0.6 is 0 Å². The molecule has 0 aliphatic carbocycles. The van der Waals surface area contributed by atoms with Gasteiger partial charge in [-0.2, -0.15) is 0 Å². The SMILES string of the molecule is CC(C)(C)C(=O)C=C(O)C(C)(C)C.[Ir].[c-]1ccc(-c2cc3c4c(c2)c2ccccc2n4-c2ccccc2C3(c2ccccc2)c2ccccc2)cc1-c1nccc2ccccc12. The van der Waals surface area contributed by atoms with Crippen LogP contribution in [-0.4, -0.2) is 20.4 Å². The van der Waals surface area contributed by atoms with Gasteiger partial charge in [-0.05, 0) is 74.6 Å². The number of para-hydroxylation sites is 2. The van der Waals surface area contributed by atoms with Crippen LogP contribution in [0.25, 0.3) is 60.6 Å². The molecule has 0 amide bonds. The molecular weight excluding hydrogens is 937 g/mol. The molecule has 0 bridgehead atoms. The molecule has 0 saturated heterocycles. The van der Waals surface area contributed by atoms with Crippen molar-refractivity contribution in [2.45, 2.75) is 47.0 Å². The van der Waals surface area contributed by atoms with Crippen molar-refractivity contribution >= 4 is 38.4 Å². The van der Waals surface area contributed by atoms with Gasteiger partial charge in [-0.25, -0.2) is 0 Å². The largest absolute Gasteiger partial charge is 0.512 e. The van der Waals surface area contributed by atoms with Crippen LogP contribution in [0.1, 0.15) is 63.8 Å². The zero-order valence-electron chi connectivity index (χ0n) is 35.9. The second kappa shape index (κ2) is 16.5. The molecule has 3 heterocycles. The van der Waals surface area contributed by atoms with Gasteiger partial charge in [0.05, 0.1) is 22.1 Å². The molecule has 309 valence electrons. The summed E-state index contributed by atoms with van der Waals surface area (Å²) < 4.78 is 2.49. The Kier molecular flexibility index (Phi) is 11.2. The van der Waals surface area contributed by atoms with Crippen molar-refractivity contribution in [2.24, 2.45) is 10.8 Å². The molecule has 1 aliphatic rings. The number of aromatic nitrogens is 2. The van der Waals surface area contributed by atoms with E-state index in [0.717, 1.165) is 22.2 Å². The molecule has 1 radical (unpaired) electrons. The molecule has 0 unspecified atom stereocenters. The minimum Gasteiger partial charge on any atom is -0.512 e. The fourth-order valence-electron chi connectivity index (χ4n) is 8.77. The number of benzene rings is 7. The van der Waals surface area contributed by atoms with E-state index in [9.17, 15) is 9.90 Å². The van der Waals surface area contributed by atoms with Gasteiger partial charge in [0.25, 0.3) is 0 Å². The number of hydrogen-bond acceptors (Lipinski definition) is 3. The Morgan fingerprint density at radius 2 is 1.24 bits per heavy atom. The van der Waals surface area contributed by atoms with Gasteiger partial charge >= 0.3 is 0 Å². The minimum atomic E-state index is -0.543. The van der Waals surface area contributed by atoms with Gasteiger partial charge in [-0.1, -0.05) is 163 Å². The average Bonchev–Trinajstić information content (AvgIpc) is 3.61. The first-order chi connectivity index (χ1) is 29.4. The minimum absolute atomic E-state index is 0. The molecule has 0 fully saturated rings. The monoisotopic (exact) mass is 986 g/mol. The number of fused-ring (bicyclic) bond motifs is 6. The first-order valence-corrected chi connectivity index (χ1v) is 21.0. The van der Waals surface area contributed by atoms with E-state index >= 15 is 0 Å². The molecule has 10 rings (SSSR count). The van der Waals surface area contributed by atoms with E-state index in [-0.39, 0.29) is 37.1 Å². The summed E-state index contributed by atoms with van der Waals surface area (Å²) in [5.41, 5.74) is 11.7. The molecule has 62 heavy (non-hydrogen) atoms. The van der Waals surface area contributed by atoms with Gasteiger partial charge in [0.2, 0.25) is 0 Å². The third-order valence-corrected chi connectivity index (χ3v) is 12.0. The summed E-state index contributed by atoms with van der Waals surface area (Å²) in [6, 6.07) is 65.3. The number of aliphatic hydroxyl groups is 1. The second-order valence-corrected chi connectivity index (χ2v) is 18.0. The second-order valence-electron chi connectivity index (χ2n) is 18.0. The van der Waals surface area contributed by atoms with Crippen LogP contribution in [0.3, 0.4) is 0 Å². The summed E-state index contributed by atoms with van der Waals surface area (Å²) in [4.78, 5) is 16.3. The molecule has 0 spiro atoms. The maximum Gasteiger partial charge on any atom is 0.164 e. The Morgan fingerprint density at radius 3 is 1.92 bits per heavy atom. The Hall–Kier alpha value is -6.39. The molecule has 1 N–H and O–H groups in total. The number of rotatable bonds is 5. The van der Waals surface area contributed by atoms with Gasteiger partial charge in [-0.3, -0.25) is 4.79 Å². The van der Waals surface area contributed by atoms with Crippen molar-refractivity contribution in [1.82, 2.24) is 9.55 Å². The summed E-state index contributed by atoms with van der Waals surface area (Å²) in [7, 11) is 0. The zero-order chi connectivity index (χ0) is 42.5. The van der Waals surface area contributed by atoms with E-state index in [1.54, 1.807) is 0 Å². The van der Waals surface area contributed by atoms with E-state index in [1.165, 1.54) is 66.8 Å². The number of allylic oxidation sites excluding steroid dienone is 2. The summed E-state index contributed by atoms with van der Waals surface area (Å²) >= 11 is 0. The van der Waals surface area contributed by atoms with Gasteiger partial charge < -0.3 is 14.7 Å². The van der Waals surface area contributed by atoms with Crippen LogP contribution in [-0.2, 0) is 30.3 Å². The zero-order valence-corrected chi connectivity index (χ0v) is 38.3. The van der Waals surface area contributed by atoms with Crippen LogP contribution in [0.5, 0.6) is 0 Å². The van der Waals surface area contributed by atoms with E-state index < -0.39 is 10.8 Å². The van der Waals surface area contributed by atoms with E-state index in [0.29, 0.717) is 0 Å². The topological polar surface area (TPSA) is 55.1 Å². The predicted octanol–water partition coefficient (Wildman–Crippen LogP) is 14.2. The van der Waals surface area contributed by atoms with Gasteiger partial charge in [0.1, 0.15) is 5.76 Å². The quantitative estimate of drug-likeness (QED) is 0.106. The predicted molar refractivity (Wildman–Crippen MR) is 252 cm³/mol. The van der Waals surface area contributed by atoms with Crippen molar-refractivity contribution in [3.8, 4) is 28.1 Å². The van der Waals surface area contributed by atoms with E-state index in [1.807, 2.05) is 53.8 Å². The first-order valence-electron chi connectivity index (χ1n) is 21.0. The Labute approximate surface area is 378 Å². The van der Waals surface area contributed by atoms with Crippen LogP contribution in [0.4, 0.5) is 0 Å². The normalized spacial score (nSPS) is 13.2. The third kappa shape index (κ3) is 7.30. The molecule has 5 heteroatoms. The van der Waals surface area contributed by atoms with Crippen molar-refractivity contribution in [3.63, 3.8) is 0 Å². The number of aliphatic hydroxyl groups excluding tert-OH is 1. The Balaban J connectivity index is 0.000000331. The fraction of sp³-hybridized carbons (Fsp3) is 0.158. The number of pyridine rings is 1. The summed E-state index contributed by atoms with van der Waals surface area (Å²) in [5, 5.41) is 14.4. The van der Waals surface area contributed by atoms with Crippen LogP contribution in [0.2, 0.25) is 0 Å². The molecule has 1 aliphatic heterocycles. The molecule has 4 nitrogen and oxygen atoms in total. The van der Waals surface area contributed by atoms with Crippen LogP contribution in [0, 0.1) is 16.9 Å². The van der Waals surface area contributed by atoms with Gasteiger partial charge in [0.15, 0.2) is 5.78 Å². The van der Waals surface area contributed by atoms with E-state index in [4.69, 9.17) is 4.98 Å². The number of nitrogens with zero attached hydrogens (tertiary/aromatic N) is 2. The Morgan fingerprint density at radius 1 is 0.629 bits per heavy atom. The average molecular weight is 986 g/mol. The van der Waals surface area contributed by atoms with Gasteiger partial charge in [0, 0.05) is 54.0 Å². The molecule has 0 saturated carbocycles. The van der Waals surface area contributed by atoms with Gasteiger partial charge in [-0.15, -0.1) is 35.4 Å². The number of carbonyl (C=O) groups is 1. The summed E-state index contributed by atoms with van der Waals surface area (Å²) in [5.74, 6) is 0.104. The third-order valence-electron chi connectivity index (χ3n) is 12.0. The van der Waals surface area contributed by atoms with Crippen molar-refractivity contribution < 1.29 is 30.0 Å². The van der Waals surface area contributed by atoms with Crippen LogP contribution in [0.15, 0.2) is 188 Å². The number of carbonyl (C=O) groups excluding carboxylic acids is 1. The smallest absolute Gasteiger partial charge is 0.164 e. The molecule has 0 atom stereocenters. The molecule has 2 aromatic heterocycles. The molecule has 7 aromatic carbocycles. The number of hydrogen-bond donors (Lipinski definition) is 1. The number of ketones is 1. The van der Waals surface area contributed by atoms with Crippen molar-refractivity contribution in [3.05, 3.63) is 216 Å². The van der Waals surface area contributed by atoms with Crippen molar-refractivity contribution in [2.75, 3.05) is 0 Å². The maximum absolute atomic E-state index is 11.5. The Bertz CT molecular complexity index is 3090. The van der Waals surface area contributed by atoms with Crippen LogP contribution < -0.4 is 0 Å². The fourth-order valence-corrected chi connectivity index (χ4v) is 8.77. The van der Waals surface area contributed by atoms with Crippen molar-refractivity contribution in [1.29, 1.82) is 0 Å². The summed E-state index contributed by atoms with van der Waals surface area (Å²) in [6.45, 7) is 11.1. The first kappa shape index (κ1) is 42.3. The molecule has 9 aromatic rings. The summed E-state index contributed by atoms with van der Waals surface area (Å²) in [6.07, 6.45) is 3.23. The van der Waals surface area contributed by atoms with E-state index in [2.05, 4.69) is 174 Å².